The summed E-state index contributed by atoms with van der Waals surface area (Å²) in [5, 5.41) is 0. The molecule has 2 rings (SSSR count). The lowest BCUT2D eigenvalue weighted by atomic mass is 10.0. The summed E-state index contributed by atoms with van der Waals surface area (Å²) in [6, 6.07) is 4.21. The molecular formula is C14H18Br2O2. The topological polar surface area (TPSA) is 18.5 Å². The van der Waals surface area contributed by atoms with Gasteiger partial charge in [-0.15, -0.1) is 0 Å². The normalized spacial score (nSPS) is 21.0. The molecule has 1 saturated heterocycles. The second-order valence-electron chi connectivity index (χ2n) is 4.68. The maximum absolute atomic E-state index is 5.69. The highest BCUT2D eigenvalue weighted by Gasteiger charge is 2.22. The van der Waals surface area contributed by atoms with Crippen LogP contribution < -0.4 is 4.74 Å². The number of methoxy groups -OCH3 is 1. The fraction of sp³-hybridized carbons (Fsp3) is 0.571. The van der Waals surface area contributed by atoms with Gasteiger partial charge in [0.1, 0.15) is 5.75 Å². The molecule has 100 valence electrons. The molecule has 0 radical (unpaired) electrons. The Bertz CT molecular complexity index is 415. The third kappa shape index (κ3) is 3.28. The molecule has 0 spiro atoms. The predicted octanol–water partition coefficient (Wildman–Crippen LogP) is 4.77. The van der Waals surface area contributed by atoms with Crippen molar-refractivity contribution < 1.29 is 9.47 Å². The number of ether oxygens (including phenoxy) is 2. The van der Waals surface area contributed by atoms with E-state index in [1.807, 2.05) is 0 Å². The molecular weight excluding hydrogens is 360 g/mol. The van der Waals surface area contributed by atoms with Crippen molar-refractivity contribution in [3.63, 3.8) is 0 Å². The summed E-state index contributed by atoms with van der Waals surface area (Å²) in [6.45, 7) is 2.97. The fourth-order valence-electron chi connectivity index (χ4n) is 2.28. The van der Waals surface area contributed by atoms with Gasteiger partial charge in [-0.05, 0) is 43.9 Å². The van der Waals surface area contributed by atoms with Gasteiger partial charge >= 0.3 is 0 Å². The van der Waals surface area contributed by atoms with Crippen LogP contribution in [0.15, 0.2) is 16.6 Å². The van der Waals surface area contributed by atoms with Crippen molar-refractivity contribution in [3.05, 3.63) is 27.7 Å². The molecule has 1 aromatic rings. The van der Waals surface area contributed by atoms with Crippen LogP contribution in [0.1, 0.15) is 35.2 Å². The first kappa shape index (κ1) is 14.4. The van der Waals surface area contributed by atoms with Crippen LogP contribution in [0.5, 0.6) is 5.75 Å². The van der Waals surface area contributed by atoms with Crippen molar-refractivity contribution in [2.24, 2.45) is 0 Å². The van der Waals surface area contributed by atoms with Crippen LogP contribution in [0.3, 0.4) is 0 Å². The van der Waals surface area contributed by atoms with Gasteiger partial charge in [-0.3, -0.25) is 0 Å². The van der Waals surface area contributed by atoms with E-state index in [1.54, 1.807) is 7.11 Å². The van der Waals surface area contributed by atoms with E-state index >= 15 is 0 Å². The molecule has 2 atom stereocenters. The molecule has 1 aliphatic heterocycles. The number of alkyl halides is 1. The standard InChI is InChI=1S/C14H18Br2O2/c1-9-6-14(17-2)11(8-12(9)15)13(16)7-10-4-3-5-18-10/h6,8,10,13H,3-5,7H2,1-2H3. The molecule has 1 fully saturated rings. The summed E-state index contributed by atoms with van der Waals surface area (Å²) < 4.78 is 12.3. The third-order valence-corrected chi connectivity index (χ3v) is 5.06. The van der Waals surface area contributed by atoms with Gasteiger partial charge in [-0.25, -0.2) is 0 Å². The Kier molecular flexibility index (Phi) is 5.10. The van der Waals surface area contributed by atoms with E-state index in [0.29, 0.717) is 6.10 Å². The van der Waals surface area contributed by atoms with E-state index in [-0.39, 0.29) is 4.83 Å². The van der Waals surface area contributed by atoms with Crippen LogP contribution >= 0.6 is 31.9 Å². The van der Waals surface area contributed by atoms with Gasteiger partial charge in [-0.1, -0.05) is 31.9 Å². The number of hydrogen-bond donors (Lipinski definition) is 0. The van der Waals surface area contributed by atoms with Crippen LogP contribution in [0.4, 0.5) is 0 Å². The van der Waals surface area contributed by atoms with Crippen LogP contribution in [-0.4, -0.2) is 19.8 Å². The Morgan fingerprint density at radius 3 is 2.89 bits per heavy atom. The Morgan fingerprint density at radius 2 is 2.28 bits per heavy atom. The zero-order valence-corrected chi connectivity index (χ0v) is 13.9. The lowest BCUT2D eigenvalue weighted by Crippen LogP contribution is -2.09. The minimum atomic E-state index is 0.271. The number of benzene rings is 1. The zero-order valence-electron chi connectivity index (χ0n) is 10.7. The van der Waals surface area contributed by atoms with Crippen molar-refractivity contribution in [2.45, 2.75) is 37.1 Å². The van der Waals surface area contributed by atoms with E-state index < -0.39 is 0 Å². The first-order valence-corrected chi connectivity index (χ1v) is 7.92. The van der Waals surface area contributed by atoms with Crippen molar-refractivity contribution in [3.8, 4) is 5.75 Å². The SMILES string of the molecule is COc1cc(C)c(Br)cc1C(Br)CC1CCCO1. The Balaban J connectivity index is 2.17. The minimum Gasteiger partial charge on any atom is -0.496 e. The molecule has 2 nitrogen and oxygen atoms in total. The van der Waals surface area contributed by atoms with Crippen molar-refractivity contribution >= 4 is 31.9 Å². The molecule has 4 heteroatoms. The monoisotopic (exact) mass is 376 g/mol. The Morgan fingerprint density at radius 1 is 1.50 bits per heavy atom. The summed E-state index contributed by atoms with van der Waals surface area (Å²) in [5.41, 5.74) is 2.37. The van der Waals surface area contributed by atoms with Gasteiger partial charge < -0.3 is 9.47 Å². The number of rotatable bonds is 4. The van der Waals surface area contributed by atoms with Crippen LogP contribution in [0.2, 0.25) is 0 Å². The molecule has 0 aromatic heterocycles. The molecule has 2 unspecified atom stereocenters. The largest absolute Gasteiger partial charge is 0.496 e. The average molecular weight is 378 g/mol. The molecule has 0 aliphatic carbocycles. The quantitative estimate of drug-likeness (QED) is 0.703. The molecule has 0 N–H and O–H groups in total. The molecule has 1 heterocycles. The van der Waals surface area contributed by atoms with E-state index in [1.165, 1.54) is 17.5 Å². The summed E-state index contributed by atoms with van der Waals surface area (Å²) in [4.78, 5) is 0.271. The summed E-state index contributed by atoms with van der Waals surface area (Å²) in [5.74, 6) is 0.940. The van der Waals surface area contributed by atoms with Crippen LogP contribution in [0, 0.1) is 6.92 Å². The van der Waals surface area contributed by atoms with E-state index in [2.05, 4.69) is 50.9 Å². The first-order valence-electron chi connectivity index (χ1n) is 6.21. The average Bonchev–Trinajstić information content (AvgIpc) is 2.84. The lowest BCUT2D eigenvalue weighted by Gasteiger charge is -2.18. The zero-order chi connectivity index (χ0) is 13.1. The van der Waals surface area contributed by atoms with Gasteiger partial charge in [0.15, 0.2) is 0 Å². The molecule has 18 heavy (non-hydrogen) atoms. The fourth-order valence-corrected chi connectivity index (χ4v) is 3.42. The maximum atomic E-state index is 5.69. The highest BCUT2D eigenvalue weighted by atomic mass is 79.9. The first-order chi connectivity index (χ1) is 8.61. The summed E-state index contributed by atoms with van der Waals surface area (Å²) >= 11 is 7.35. The predicted molar refractivity (Wildman–Crippen MR) is 80.7 cm³/mol. The van der Waals surface area contributed by atoms with Gasteiger partial charge in [0.05, 0.1) is 13.2 Å². The third-order valence-electron chi connectivity index (χ3n) is 3.34. The van der Waals surface area contributed by atoms with Gasteiger partial charge in [0, 0.05) is 21.5 Å². The highest BCUT2D eigenvalue weighted by molar-refractivity contribution is 9.10. The van der Waals surface area contributed by atoms with E-state index in [0.717, 1.165) is 29.7 Å². The molecule has 0 amide bonds. The van der Waals surface area contributed by atoms with Gasteiger partial charge in [0.25, 0.3) is 0 Å². The Hall–Kier alpha value is -0.0600. The molecule has 0 saturated carbocycles. The second-order valence-corrected chi connectivity index (χ2v) is 6.64. The smallest absolute Gasteiger partial charge is 0.123 e. The van der Waals surface area contributed by atoms with E-state index in [9.17, 15) is 0 Å². The molecule has 0 bridgehead atoms. The number of aryl methyl sites for hydroxylation is 1. The maximum Gasteiger partial charge on any atom is 0.123 e. The van der Waals surface area contributed by atoms with Crippen molar-refractivity contribution in [1.29, 1.82) is 0 Å². The minimum absolute atomic E-state index is 0.271. The molecule has 1 aromatic carbocycles. The molecule has 1 aliphatic rings. The van der Waals surface area contributed by atoms with Crippen LogP contribution in [-0.2, 0) is 4.74 Å². The number of halogens is 2. The lowest BCUT2D eigenvalue weighted by molar-refractivity contribution is 0.104. The Labute approximate surface area is 125 Å². The van der Waals surface area contributed by atoms with E-state index in [4.69, 9.17) is 9.47 Å². The van der Waals surface area contributed by atoms with Crippen molar-refractivity contribution in [2.75, 3.05) is 13.7 Å². The second kappa shape index (κ2) is 6.40. The number of hydrogen-bond acceptors (Lipinski definition) is 2. The van der Waals surface area contributed by atoms with Crippen LogP contribution in [0.25, 0.3) is 0 Å². The van der Waals surface area contributed by atoms with Crippen molar-refractivity contribution in [1.82, 2.24) is 0 Å². The highest BCUT2D eigenvalue weighted by Crippen LogP contribution is 2.39. The van der Waals surface area contributed by atoms with Gasteiger partial charge in [0.2, 0.25) is 0 Å². The summed E-state index contributed by atoms with van der Waals surface area (Å²) in [7, 11) is 1.72. The van der Waals surface area contributed by atoms with Gasteiger partial charge in [-0.2, -0.15) is 0 Å². The summed E-state index contributed by atoms with van der Waals surface area (Å²) in [6.07, 6.45) is 3.71.